The highest BCUT2D eigenvalue weighted by Gasteiger charge is 2.46. The van der Waals surface area contributed by atoms with Crippen LogP contribution >= 0.6 is 0 Å². The van der Waals surface area contributed by atoms with Gasteiger partial charge in [-0.05, 0) is 31.4 Å². The third-order valence-corrected chi connectivity index (χ3v) is 6.50. The molecule has 2 aliphatic rings. The summed E-state index contributed by atoms with van der Waals surface area (Å²) in [6.45, 7) is 0.459. The van der Waals surface area contributed by atoms with Crippen molar-refractivity contribution in [2.45, 2.75) is 42.7 Å². The van der Waals surface area contributed by atoms with E-state index in [1.54, 1.807) is 0 Å². The van der Waals surface area contributed by atoms with Gasteiger partial charge in [0, 0.05) is 25.2 Å². The minimum absolute atomic E-state index is 0.0680. The SMILES string of the molecule is O=S(=O)(c1ncccc1F)N1CCC2(O)CCCCC2C1. The molecule has 0 spiro atoms. The maximum Gasteiger partial charge on any atom is 0.263 e. The molecule has 0 amide bonds. The molecule has 0 bridgehead atoms. The number of sulfonamides is 1. The highest BCUT2D eigenvalue weighted by atomic mass is 32.2. The number of fused-ring (bicyclic) bond motifs is 1. The Balaban J connectivity index is 1.86. The first kappa shape index (κ1) is 14.9. The summed E-state index contributed by atoms with van der Waals surface area (Å²) in [5, 5.41) is 10.1. The molecular formula is C14H19FN2O3S. The number of aliphatic hydroxyl groups is 1. The molecule has 1 saturated heterocycles. The maximum atomic E-state index is 13.7. The van der Waals surface area contributed by atoms with Crippen molar-refractivity contribution in [3.8, 4) is 0 Å². The molecule has 0 radical (unpaired) electrons. The molecule has 1 aromatic heterocycles. The van der Waals surface area contributed by atoms with Crippen LogP contribution in [0.15, 0.2) is 23.4 Å². The molecule has 21 heavy (non-hydrogen) atoms. The van der Waals surface area contributed by atoms with Gasteiger partial charge in [-0.1, -0.05) is 12.8 Å². The normalized spacial score (nSPS) is 30.9. The van der Waals surface area contributed by atoms with E-state index in [4.69, 9.17) is 0 Å². The molecule has 2 fully saturated rings. The number of aromatic nitrogens is 1. The molecule has 0 aromatic carbocycles. The molecule has 1 aliphatic carbocycles. The summed E-state index contributed by atoms with van der Waals surface area (Å²) in [6, 6.07) is 2.46. The van der Waals surface area contributed by atoms with Crippen molar-refractivity contribution < 1.29 is 17.9 Å². The third-order valence-electron chi connectivity index (χ3n) is 4.70. The van der Waals surface area contributed by atoms with Gasteiger partial charge in [-0.2, -0.15) is 4.31 Å². The first-order valence-corrected chi connectivity index (χ1v) is 8.70. The Labute approximate surface area is 123 Å². The zero-order valence-corrected chi connectivity index (χ0v) is 12.5. The van der Waals surface area contributed by atoms with Crippen molar-refractivity contribution in [2.24, 2.45) is 5.92 Å². The second kappa shape index (κ2) is 5.30. The quantitative estimate of drug-likeness (QED) is 0.899. The summed E-state index contributed by atoms with van der Waals surface area (Å²) in [5.41, 5.74) is -0.757. The number of halogens is 1. The number of pyridine rings is 1. The fourth-order valence-corrected chi connectivity index (χ4v) is 4.90. The van der Waals surface area contributed by atoms with E-state index in [9.17, 15) is 17.9 Å². The van der Waals surface area contributed by atoms with Crippen LogP contribution in [0.4, 0.5) is 4.39 Å². The van der Waals surface area contributed by atoms with Crippen molar-refractivity contribution in [3.63, 3.8) is 0 Å². The molecule has 7 heteroatoms. The van der Waals surface area contributed by atoms with Crippen molar-refractivity contribution in [1.82, 2.24) is 9.29 Å². The molecule has 2 heterocycles. The molecule has 2 atom stereocenters. The fourth-order valence-electron chi connectivity index (χ4n) is 3.44. The third kappa shape index (κ3) is 2.58. The van der Waals surface area contributed by atoms with Crippen LogP contribution in [-0.2, 0) is 10.0 Å². The second-order valence-electron chi connectivity index (χ2n) is 5.95. The van der Waals surface area contributed by atoms with Gasteiger partial charge in [-0.25, -0.2) is 17.8 Å². The summed E-state index contributed by atoms with van der Waals surface area (Å²) in [4.78, 5) is 3.68. The Bertz CT molecular complexity index is 637. The lowest BCUT2D eigenvalue weighted by atomic mass is 9.72. The largest absolute Gasteiger partial charge is 0.390 e. The Morgan fingerprint density at radius 2 is 2.19 bits per heavy atom. The van der Waals surface area contributed by atoms with Gasteiger partial charge in [0.25, 0.3) is 10.0 Å². The van der Waals surface area contributed by atoms with E-state index >= 15 is 0 Å². The lowest BCUT2D eigenvalue weighted by Gasteiger charge is -2.46. The first-order valence-electron chi connectivity index (χ1n) is 7.26. The van der Waals surface area contributed by atoms with Crippen molar-refractivity contribution in [1.29, 1.82) is 0 Å². The maximum absolute atomic E-state index is 13.7. The van der Waals surface area contributed by atoms with Gasteiger partial charge in [0.1, 0.15) is 0 Å². The van der Waals surface area contributed by atoms with Crippen LogP contribution in [0, 0.1) is 11.7 Å². The van der Waals surface area contributed by atoms with Gasteiger partial charge in [-0.3, -0.25) is 0 Å². The highest BCUT2D eigenvalue weighted by Crippen LogP contribution is 2.40. The minimum Gasteiger partial charge on any atom is -0.390 e. The molecule has 1 N–H and O–H groups in total. The monoisotopic (exact) mass is 314 g/mol. The summed E-state index contributed by atoms with van der Waals surface area (Å²) in [6.07, 6.45) is 5.20. The summed E-state index contributed by atoms with van der Waals surface area (Å²) < 4.78 is 40.1. The number of nitrogens with zero attached hydrogens (tertiary/aromatic N) is 2. The fraction of sp³-hybridized carbons (Fsp3) is 0.643. The zero-order chi connectivity index (χ0) is 15.1. The summed E-state index contributed by atoms with van der Waals surface area (Å²) >= 11 is 0. The van der Waals surface area contributed by atoms with Crippen LogP contribution < -0.4 is 0 Å². The molecule has 116 valence electrons. The number of piperidine rings is 1. The number of rotatable bonds is 2. The predicted molar refractivity (Wildman–Crippen MR) is 74.5 cm³/mol. The zero-order valence-electron chi connectivity index (χ0n) is 11.7. The van der Waals surface area contributed by atoms with Crippen LogP contribution in [0.3, 0.4) is 0 Å². The van der Waals surface area contributed by atoms with Crippen molar-refractivity contribution >= 4 is 10.0 Å². The first-order chi connectivity index (χ1) is 9.93. The minimum atomic E-state index is -3.93. The number of hydrogen-bond acceptors (Lipinski definition) is 4. The molecule has 1 aliphatic heterocycles. The highest BCUT2D eigenvalue weighted by molar-refractivity contribution is 7.89. The molecule has 5 nitrogen and oxygen atoms in total. The molecule has 1 aromatic rings. The average molecular weight is 314 g/mol. The lowest BCUT2D eigenvalue weighted by molar-refractivity contribution is -0.0817. The van der Waals surface area contributed by atoms with E-state index < -0.39 is 26.5 Å². The Morgan fingerprint density at radius 1 is 1.38 bits per heavy atom. The Morgan fingerprint density at radius 3 is 2.95 bits per heavy atom. The van der Waals surface area contributed by atoms with Crippen molar-refractivity contribution in [3.05, 3.63) is 24.1 Å². The summed E-state index contributed by atoms with van der Waals surface area (Å²) in [5.74, 6) is -0.900. The van der Waals surface area contributed by atoms with Crippen molar-refractivity contribution in [2.75, 3.05) is 13.1 Å². The molecular weight excluding hydrogens is 295 g/mol. The van der Waals surface area contributed by atoms with Gasteiger partial charge in [0.2, 0.25) is 5.03 Å². The smallest absolute Gasteiger partial charge is 0.263 e. The van der Waals surface area contributed by atoms with Gasteiger partial charge in [-0.15, -0.1) is 0 Å². The van der Waals surface area contributed by atoms with E-state index in [0.717, 1.165) is 31.7 Å². The van der Waals surface area contributed by atoms with Gasteiger partial charge >= 0.3 is 0 Å². The van der Waals surface area contributed by atoms with Crippen LogP contribution in [-0.4, -0.2) is 41.5 Å². The van der Waals surface area contributed by atoms with E-state index in [-0.39, 0.29) is 19.0 Å². The van der Waals surface area contributed by atoms with Crippen LogP contribution in [0.5, 0.6) is 0 Å². The topological polar surface area (TPSA) is 70.5 Å². The lowest BCUT2D eigenvalue weighted by Crippen LogP contribution is -2.54. The van der Waals surface area contributed by atoms with Crippen LogP contribution in [0.2, 0.25) is 0 Å². The van der Waals surface area contributed by atoms with Gasteiger partial charge in [0.05, 0.1) is 5.60 Å². The van der Waals surface area contributed by atoms with E-state index in [2.05, 4.69) is 4.98 Å². The standard InChI is InChI=1S/C14H19FN2O3S/c15-12-5-3-8-16-13(12)21(19,20)17-9-7-14(18)6-2-1-4-11(14)10-17/h3,5,8,11,18H,1-2,4,6-7,9-10H2. The second-order valence-corrected chi connectivity index (χ2v) is 7.80. The predicted octanol–water partition coefficient (Wildman–Crippen LogP) is 1.54. The molecule has 1 saturated carbocycles. The summed E-state index contributed by atoms with van der Waals surface area (Å²) in [7, 11) is -3.93. The van der Waals surface area contributed by atoms with Crippen LogP contribution in [0.25, 0.3) is 0 Å². The Kier molecular flexibility index (Phi) is 3.75. The average Bonchev–Trinajstić information content (AvgIpc) is 2.46. The molecule has 2 unspecified atom stereocenters. The van der Waals surface area contributed by atoms with Gasteiger partial charge in [0.15, 0.2) is 5.82 Å². The molecule has 3 rings (SSSR count). The van der Waals surface area contributed by atoms with E-state index in [1.807, 2.05) is 0 Å². The van der Waals surface area contributed by atoms with Crippen LogP contribution in [0.1, 0.15) is 32.1 Å². The number of hydrogen-bond donors (Lipinski definition) is 1. The Hall–Kier alpha value is -1.05. The van der Waals surface area contributed by atoms with Gasteiger partial charge < -0.3 is 5.11 Å². The van der Waals surface area contributed by atoms with E-state index in [0.29, 0.717) is 6.42 Å². The van der Waals surface area contributed by atoms with E-state index in [1.165, 1.54) is 16.6 Å².